The molecular formula is C5H11N9O4. The number of hydrogen-bond acceptors (Lipinski definition) is 9. The van der Waals surface area contributed by atoms with Crippen LogP contribution >= 0.6 is 0 Å². The second-order valence-electron chi connectivity index (χ2n) is 2.88. The van der Waals surface area contributed by atoms with Crippen LogP contribution in [0.5, 0.6) is 0 Å². The van der Waals surface area contributed by atoms with E-state index < -0.39 is 0 Å². The normalized spacial score (nSPS) is 8.78. The number of nitrogens with zero attached hydrogens (tertiary/aromatic N) is 8. The Balaban J connectivity index is 0.000000421. The molecule has 0 atom stereocenters. The Morgan fingerprint density at radius 3 is 2.00 bits per heavy atom. The summed E-state index contributed by atoms with van der Waals surface area (Å²) in [6.07, 6.45) is 0. The summed E-state index contributed by atoms with van der Waals surface area (Å²) >= 11 is 0. The van der Waals surface area contributed by atoms with Crippen molar-refractivity contribution >= 4 is 5.71 Å². The Labute approximate surface area is 99.2 Å². The first kappa shape index (κ1) is 15.2. The Morgan fingerprint density at radius 2 is 1.67 bits per heavy atom. The summed E-state index contributed by atoms with van der Waals surface area (Å²) < 4.78 is 0. The lowest BCUT2D eigenvalue weighted by Gasteiger charge is -2.02. The van der Waals surface area contributed by atoms with Crippen LogP contribution in [0.1, 0.15) is 13.8 Å². The van der Waals surface area contributed by atoms with Gasteiger partial charge in [0.15, 0.2) is 5.71 Å². The van der Waals surface area contributed by atoms with Crippen LogP contribution in [0.4, 0.5) is 0 Å². The summed E-state index contributed by atoms with van der Waals surface area (Å²) in [6.45, 7) is 3.56. The zero-order valence-electron chi connectivity index (χ0n) is 9.38. The lowest BCUT2D eigenvalue weighted by molar-refractivity contribution is -0.738. The molecule has 2 rings (SSSR count). The Hall–Kier alpha value is -2.83. The fourth-order valence-electron chi connectivity index (χ4n) is 0.626. The molecule has 13 heteroatoms. The van der Waals surface area contributed by atoms with Crippen molar-refractivity contribution in [3.05, 3.63) is 5.21 Å². The van der Waals surface area contributed by atoms with E-state index in [9.17, 15) is 5.21 Å². The number of rotatable bonds is 1. The minimum Gasteiger partial charge on any atom is -0.787 e. The Kier molecular flexibility index (Phi) is 5.64. The minimum atomic E-state index is -0.262. The van der Waals surface area contributed by atoms with Crippen molar-refractivity contribution in [2.75, 3.05) is 0 Å². The third kappa shape index (κ3) is 3.63. The molecule has 18 heavy (non-hydrogen) atoms. The first-order chi connectivity index (χ1) is 8.06. The van der Waals surface area contributed by atoms with Gasteiger partial charge in [-0.2, -0.15) is 0 Å². The van der Waals surface area contributed by atoms with Crippen LogP contribution in [0.3, 0.4) is 0 Å². The first-order valence-corrected chi connectivity index (χ1v) is 4.20. The van der Waals surface area contributed by atoms with Crippen LogP contribution in [0.2, 0.25) is 0 Å². The van der Waals surface area contributed by atoms with Crippen LogP contribution in [0.25, 0.3) is 11.6 Å². The molecule has 0 saturated carbocycles. The van der Waals surface area contributed by atoms with Crippen molar-refractivity contribution in [2.45, 2.75) is 13.8 Å². The molecule has 0 aromatic carbocycles. The molecular weight excluding hydrogens is 250 g/mol. The highest BCUT2D eigenvalue weighted by Gasteiger charge is 2.12. The predicted molar refractivity (Wildman–Crippen MR) is 53.3 cm³/mol. The van der Waals surface area contributed by atoms with E-state index >= 15 is 0 Å². The zero-order chi connectivity index (χ0) is 12.8. The van der Waals surface area contributed by atoms with Crippen LogP contribution < -0.4 is 5.16 Å². The molecule has 0 aliphatic heterocycles. The van der Waals surface area contributed by atoms with Crippen molar-refractivity contribution in [2.24, 2.45) is 0 Å². The van der Waals surface area contributed by atoms with Gasteiger partial charge < -0.3 is 15.9 Å². The third-order valence-corrected chi connectivity index (χ3v) is 1.32. The van der Waals surface area contributed by atoms with Gasteiger partial charge in [-0.1, -0.05) is 4.85 Å². The molecule has 5 N–H and O–H groups in total. The van der Waals surface area contributed by atoms with E-state index in [0.717, 1.165) is 5.71 Å². The van der Waals surface area contributed by atoms with Gasteiger partial charge in [-0.05, 0) is 26.0 Å². The highest BCUT2D eigenvalue weighted by atomic mass is 16.5. The van der Waals surface area contributed by atoms with Gasteiger partial charge in [-0.25, -0.2) is 0 Å². The van der Waals surface area contributed by atoms with Crippen LogP contribution in [0.15, 0.2) is 0 Å². The van der Waals surface area contributed by atoms with E-state index in [0.29, 0.717) is 4.85 Å². The zero-order valence-corrected chi connectivity index (χ0v) is 9.38. The number of nitrogens with one attached hydrogen (secondary N) is 1. The highest BCUT2D eigenvalue weighted by molar-refractivity contribution is 5.72. The van der Waals surface area contributed by atoms with Crippen molar-refractivity contribution in [3.63, 3.8) is 0 Å². The standard InChI is InChI=1S/C3H7NO.C2HN8O2.H2O/c1-3(2)4-5;11-9-1(3-5-7-9)2-4-6-8-10(2)12;/h5H,1-2H3;11H;1H2/q;-1;/p+1. The van der Waals surface area contributed by atoms with Crippen LogP contribution in [-0.4, -0.2) is 62.3 Å². The van der Waals surface area contributed by atoms with E-state index in [2.05, 4.69) is 31.1 Å². The van der Waals surface area contributed by atoms with Crippen molar-refractivity contribution < 1.29 is 21.0 Å². The van der Waals surface area contributed by atoms with Gasteiger partial charge in [0.1, 0.15) is 0 Å². The molecule has 0 bridgehead atoms. The monoisotopic (exact) mass is 261 g/mol. The van der Waals surface area contributed by atoms with E-state index in [4.69, 9.17) is 10.4 Å². The second-order valence-corrected chi connectivity index (χ2v) is 2.88. The molecule has 0 aliphatic rings. The Morgan fingerprint density at radius 1 is 1.17 bits per heavy atom. The summed E-state index contributed by atoms with van der Waals surface area (Å²) in [4.78, 5) is 0.401. The van der Waals surface area contributed by atoms with Gasteiger partial charge in [0.05, 0.1) is 0 Å². The van der Waals surface area contributed by atoms with E-state index in [-0.39, 0.29) is 22.0 Å². The molecule has 2 heterocycles. The lowest BCUT2D eigenvalue weighted by Crippen LogP contribution is -2.67. The summed E-state index contributed by atoms with van der Waals surface area (Å²) in [7, 11) is 0. The Bertz CT molecular complexity index is 462. The molecule has 0 saturated heterocycles. The molecule has 0 spiro atoms. The van der Waals surface area contributed by atoms with Crippen molar-refractivity contribution in [1.29, 1.82) is 0 Å². The summed E-state index contributed by atoms with van der Waals surface area (Å²) in [5, 5.41) is 48.2. The molecule has 0 unspecified atom stereocenters. The minimum absolute atomic E-state index is 0. The summed E-state index contributed by atoms with van der Waals surface area (Å²) in [5.41, 5.74) is 0.810. The molecule has 13 nitrogen and oxygen atoms in total. The third-order valence-electron chi connectivity index (χ3n) is 1.32. The first-order valence-electron chi connectivity index (χ1n) is 4.20. The smallest absolute Gasteiger partial charge is 0.260 e. The quantitative estimate of drug-likeness (QED) is 0.198. The van der Waals surface area contributed by atoms with Gasteiger partial charge in [0, 0.05) is 13.8 Å². The number of tetrazole rings is 2. The maximum absolute atomic E-state index is 10.7. The molecule has 2 aromatic rings. The highest BCUT2D eigenvalue weighted by Crippen LogP contribution is 2.06. The van der Waals surface area contributed by atoms with E-state index in [1.54, 1.807) is 13.8 Å². The van der Waals surface area contributed by atoms with E-state index in [1.165, 1.54) is 0 Å². The van der Waals surface area contributed by atoms with Crippen molar-refractivity contribution in [1.82, 2.24) is 40.7 Å². The van der Waals surface area contributed by atoms with Gasteiger partial charge in [0.25, 0.3) is 5.82 Å². The van der Waals surface area contributed by atoms with Gasteiger partial charge in [-0.15, -0.1) is 10.2 Å². The average Bonchev–Trinajstić information content (AvgIpc) is 2.87. The predicted octanol–water partition coefficient (Wildman–Crippen LogP) is -3.98. The molecule has 0 amide bonds. The summed E-state index contributed by atoms with van der Waals surface area (Å²) in [6, 6.07) is 0. The SMILES string of the molecule is CC(C)=[NH+]O.O.[O-]n1nnnc1-c1nnnn1O. The molecule has 100 valence electrons. The van der Waals surface area contributed by atoms with Crippen molar-refractivity contribution in [3.8, 4) is 11.6 Å². The maximum atomic E-state index is 10.7. The lowest BCUT2D eigenvalue weighted by atomic mass is 10.5. The van der Waals surface area contributed by atoms with Crippen LogP contribution in [-0.2, 0) is 0 Å². The second kappa shape index (κ2) is 6.69. The van der Waals surface area contributed by atoms with E-state index in [1.807, 2.05) is 5.16 Å². The number of aromatic nitrogens is 8. The maximum Gasteiger partial charge on any atom is 0.260 e. The number of hydrogen-bond donors (Lipinski definition) is 3. The largest absolute Gasteiger partial charge is 0.787 e. The fraction of sp³-hybridized carbons (Fsp3) is 0.400. The van der Waals surface area contributed by atoms with Crippen LogP contribution in [0, 0.1) is 5.21 Å². The average molecular weight is 261 g/mol. The van der Waals surface area contributed by atoms with Gasteiger partial charge in [0.2, 0.25) is 5.82 Å². The topological polar surface area (TPSA) is 196 Å². The molecule has 0 fully saturated rings. The molecule has 2 aromatic heterocycles. The fourth-order valence-corrected chi connectivity index (χ4v) is 0.626. The summed E-state index contributed by atoms with van der Waals surface area (Å²) in [5.74, 6) is -0.475. The molecule has 0 aliphatic carbocycles. The molecule has 0 radical (unpaired) electrons. The van der Waals surface area contributed by atoms with Gasteiger partial charge in [-0.3, -0.25) is 10.1 Å². The van der Waals surface area contributed by atoms with Gasteiger partial charge >= 0.3 is 0 Å².